The molecule has 0 saturated carbocycles. The summed E-state index contributed by atoms with van der Waals surface area (Å²) in [5, 5.41) is 7.37. The molecule has 0 bridgehead atoms. The number of carbonyl (C=O) groups excluding carboxylic acids is 4. The number of benzene rings is 5. The second-order valence-electron chi connectivity index (χ2n) is 18.1. The lowest BCUT2D eigenvalue weighted by Gasteiger charge is -2.28. The maximum absolute atomic E-state index is 14.5. The number of hydrogen-bond acceptors (Lipinski definition) is 11. The van der Waals surface area contributed by atoms with Crippen LogP contribution in [0.15, 0.2) is 109 Å². The third-order valence-electron chi connectivity index (χ3n) is 13.7. The molecule has 360 valence electrons. The summed E-state index contributed by atoms with van der Waals surface area (Å²) in [4.78, 5) is 74.4. The zero-order valence-electron chi connectivity index (χ0n) is 39.3. The standard InChI is InChI=1S/C53H54N8O9/c1-66-27-30-19-42(60(25-30)50(62)45(58-52(64)68-3)32-11-7-5-8-12-32)48-54-24-41(56-48)35-15-17-37-36(21-35)29-70-44-23-38-34(22-39(37)44)16-18-40-47(38)57-49(55-40)43-20-31(28-67-2)26-61(43)51(63)46(59-53(65)69-4)33-13-9-6-10-14-33/h5-18,21-24,30-31,42-43,45-46H,19-20,25-29H2,1-4H3,(H,54,56)(H,55,57)(H,58,64)(H,59,65)/t30-,31-,42?,43?,45+,46+/m0/s1. The molecule has 4 amide bonds. The van der Waals surface area contributed by atoms with Crippen molar-refractivity contribution in [3.63, 3.8) is 0 Å². The fraction of sp³-hybridized carbons (Fsp3) is 0.321. The number of alkyl carbamates (subject to hydrolysis) is 2. The topological polar surface area (TPSA) is 202 Å². The van der Waals surface area contributed by atoms with E-state index in [1.165, 1.54) is 14.2 Å². The van der Waals surface area contributed by atoms with Gasteiger partial charge in [0.05, 0.1) is 62.4 Å². The lowest BCUT2D eigenvalue weighted by molar-refractivity contribution is -0.135. The van der Waals surface area contributed by atoms with Crippen molar-refractivity contribution in [3.8, 4) is 28.1 Å². The molecule has 0 aliphatic carbocycles. The van der Waals surface area contributed by atoms with Crippen molar-refractivity contribution in [2.45, 2.75) is 43.6 Å². The van der Waals surface area contributed by atoms with E-state index in [4.69, 9.17) is 33.7 Å². The number of imidazole rings is 2. The Bertz CT molecular complexity index is 3070. The van der Waals surface area contributed by atoms with Crippen LogP contribution in [-0.4, -0.2) is 108 Å². The number of methoxy groups -OCH3 is 4. The molecule has 7 aromatic rings. The summed E-state index contributed by atoms with van der Waals surface area (Å²) in [6.07, 6.45) is 1.63. The van der Waals surface area contributed by atoms with Crippen LogP contribution in [0.1, 0.15) is 65.3 Å². The second kappa shape index (κ2) is 19.7. The van der Waals surface area contributed by atoms with E-state index in [1.54, 1.807) is 30.2 Å². The molecule has 2 aromatic heterocycles. The van der Waals surface area contributed by atoms with E-state index in [9.17, 15) is 19.2 Å². The van der Waals surface area contributed by atoms with Gasteiger partial charge >= 0.3 is 12.2 Å². The van der Waals surface area contributed by atoms with Crippen LogP contribution in [-0.2, 0) is 35.1 Å². The van der Waals surface area contributed by atoms with Crippen LogP contribution in [0, 0.1) is 11.8 Å². The van der Waals surface area contributed by atoms with Gasteiger partial charge in [0, 0.05) is 50.1 Å². The fourth-order valence-electron chi connectivity index (χ4n) is 10.4. The number of fused-ring (bicyclic) bond motifs is 6. The highest BCUT2D eigenvalue weighted by Gasteiger charge is 2.43. The highest BCUT2D eigenvalue weighted by Crippen LogP contribution is 2.44. The Morgan fingerprint density at radius 2 is 1.30 bits per heavy atom. The summed E-state index contributed by atoms with van der Waals surface area (Å²) < 4.78 is 27.4. The quantitative estimate of drug-likeness (QED) is 0.0875. The molecule has 5 heterocycles. The smallest absolute Gasteiger partial charge is 0.407 e. The maximum atomic E-state index is 14.5. The van der Waals surface area contributed by atoms with Gasteiger partial charge in [-0.3, -0.25) is 9.59 Å². The van der Waals surface area contributed by atoms with Gasteiger partial charge in [-0.2, -0.15) is 0 Å². The molecule has 17 heteroatoms. The number of hydrogen-bond donors (Lipinski definition) is 4. The minimum atomic E-state index is -0.963. The van der Waals surface area contributed by atoms with Crippen LogP contribution in [0.5, 0.6) is 5.75 Å². The minimum absolute atomic E-state index is 0.0495. The molecule has 2 unspecified atom stereocenters. The van der Waals surface area contributed by atoms with Gasteiger partial charge < -0.3 is 54.1 Å². The Kier molecular flexibility index (Phi) is 12.9. The highest BCUT2D eigenvalue weighted by atomic mass is 16.5. The number of carbonyl (C=O) groups is 4. The van der Waals surface area contributed by atoms with Crippen molar-refractivity contribution in [1.82, 2.24) is 40.4 Å². The van der Waals surface area contributed by atoms with Crippen molar-refractivity contribution in [3.05, 3.63) is 138 Å². The van der Waals surface area contributed by atoms with Gasteiger partial charge in [0.15, 0.2) is 0 Å². The predicted octanol–water partition coefficient (Wildman–Crippen LogP) is 7.93. The number of ether oxygens (including phenoxy) is 5. The molecule has 5 aromatic carbocycles. The number of H-pyrrole nitrogens is 2. The molecule has 10 rings (SSSR count). The zero-order chi connectivity index (χ0) is 48.5. The molecule has 0 spiro atoms. The number of rotatable bonds is 13. The lowest BCUT2D eigenvalue weighted by atomic mass is 9.92. The average Bonchev–Trinajstić information content (AvgIpc) is 4.23. The molecule has 70 heavy (non-hydrogen) atoms. The number of amides is 4. The Morgan fingerprint density at radius 3 is 1.89 bits per heavy atom. The molecular weight excluding hydrogens is 893 g/mol. The van der Waals surface area contributed by atoms with Crippen molar-refractivity contribution < 1.29 is 42.9 Å². The highest BCUT2D eigenvalue weighted by molar-refractivity contribution is 6.07. The molecular formula is C53H54N8O9. The first-order chi connectivity index (χ1) is 34.1. The van der Waals surface area contributed by atoms with Crippen LogP contribution in [0.3, 0.4) is 0 Å². The molecule has 6 atom stereocenters. The summed E-state index contributed by atoms with van der Waals surface area (Å²) in [7, 11) is 5.85. The van der Waals surface area contributed by atoms with Gasteiger partial charge in [0.25, 0.3) is 11.8 Å². The first-order valence-electron chi connectivity index (χ1n) is 23.3. The molecule has 17 nitrogen and oxygen atoms in total. The fourth-order valence-corrected chi connectivity index (χ4v) is 10.4. The molecule has 3 aliphatic heterocycles. The van der Waals surface area contributed by atoms with Gasteiger partial charge in [-0.25, -0.2) is 19.6 Å². The van der Waals surface area contributed by atoms with E-state index in [0.717, 1.165) is 55.5 Å². The predicted molar refractivity (Wildman–Crippen MR) is 259 cm³/mol. The number of likely N-dealkylation sites (tertiary alicyclic amines) is 2. The average molecular weight is 947 g/mol. The second-order valence-corrected chi connectivity index (χ2v) is 18.1. The Balaban J connectivity index is 0.918. The third kappa shape index (κ3) is 8.89. The first kappa shape index (κ1) is 46.0. The SMILES string of the molecule is COC[C@H]1CC(c2ncc(-c3ccc4c(c3)COc3cc5c(ccc6[nH]c(C7C[C@H](COC)CN7C(=O)[C@H](NC(=O)OC)c7ccccc7)nc65)cc3-4)[nH]2)N(C(=O)[C@H](NC(=O)OC)c2ccccc2)C1. The Morgan fingerprint density at radius 1 is 0.700 bits per heavy atom. The van der Waals surface area contributed by atoms with Gasteiger partial charge in [-0.15, -0.1) is 0 Å². The molecule has 0 radical (unpaired) electrons. The van der Waals surface area contributed by atoms with Crippen molar-refractivity contribution >= 4 is 45.8 Å². The normalized spacial score (nSPS) is 19.3. The van der Waals surface area contributed by atoms with E-state index in [1.807, 2.05) is 72.8 Å². The van der Waals surface area contributed by atoms with Crippen LogP contribution < -0.4 is 15.4 Å². The molecule has 2 fully saturated rings. The van der Waals surface area contributed by atoms with Gasteiger partial charge in [0.2, 0.25) is 0 Å². The van der Waals surface area contributed by atoms with Crippen molar-refractivity contribution in [2.24, 2.45) is 11.8 Å². The molecule has 4 N–H and O–H groups in total. The number of nitrogens with one attached hydrogen (secondary N) is 4. The lowest BCUT2D eigenvalue weighted by Crippen LogP contribution is -2.43. The van der Waals surface area contributed by atoms with Crippen molar-refractivity contribution in [1.29, 1.82) is 0 Å². The summed E-state index contributed by atoms with van der Waals surface area (Å²) in [6.45, 7) is 2.12. The maximum Gasteiger partial charge on any atom is 0.407 e. The third-order valence-corrected chi connectivity index (χ3v) is 13.7. The molecule has 3 aliphatic rings. The summed E-state index contributed by atoms with van der Waals surface area (Å²) >= 11 is 0. The summed E-state index contributed by atoms with van der Waals surface area (Å²) in [5.74, 6) is 1.59. The first-order valence-corrected chi connectivity index (χ1v) is 23.3. The van der Waals surface area contributed by atoms with Gasteiger partial charge in [-0.05, 0) is 70.3 Å². The van der Waals surface area contributed by atoms with E-state index in [0.29, 0.717) is 68.5 Å². The van der Waals surface area contributed by atoms with Gasteiger partial charge in [0.1, 0.15) is 36.1 Å². The Labute approximate surface area is 403 Å². The number of nitrogens with zero attached hydrogens (tertiary/aromatic N) is 4. The Hall–Kier alpha value is -7.76. The number of aromatic amines is 2. The largest absolute Gasteiger partial charge is 0.488 e. The monoisotopic (exact) mass is 946 g/mol. The summed E-state index contributed by atoms with van der Waals surface area (Å²) in [6, 6.07) is 30.1. The van der Waals surface area contributed by atoms with E-state index < -0.39 is 30.3 Å². The van der Waals surface area contributed by atoms with Crippen LogP contribution in [0.4, 0.5) is 9.59 Å². The summed E-state index contributed by atoms with van der Waals surface area (Å²) in [5.41, 5.74) is 7.59. The van der Waals surface area contributed by atoms with E-state index >= 15 is 0 Å². The minimum Gasteiger partial charge on any atom is -0.488 e. The van der Waals surface area contributed by atoms with E-state index in [2.05, 4.69) is 50.9 Å². The van der Waals surface area contributed by atoms with Crippen molar-refractivity contribution in [2.75, 3.05) is 54.7 Å². The van der Waals surface area contributed by atoms with Gasteiger partial charge in [-0.1, -0.05) is 78.9 Å². The van der Waals surface area contributed by atoms with Crippen LogP contribution >= 0.6 is 0 Å². The zero-order valence-corrected chi connectivity index (χ0v) is 39.3. The number of aromatic nitrogens is 4. The van der Waals surface area contributed by atoms with Crippen LogP contribution in [0.25, 0.3) is 44.2 Å². The molecule has 2 saturated heterocycles. The van der Waals surface area contributed by atoms with Crippen LogP contribution in [0.2, 0.25) is 0 Å². The van der Waals surface area contributed by atoms with E-state index in [-0.39, 0.29) is 29.7 Å².